The van der Waals surface area contributed by atoms with E-state index in [1.165, 1.54) is 0 Å². The highest BCUT2D eigenvalue weighted by molar-refractivity contribution is 7.09. The van der Waals surface area contributed by atoms with E-state index in [9.17, 15) is 5.11 Å². The molecule has 2 rings (SSSR count). The van der Waals surface area contributed by atoms with Gasteiger partial charge in [-0.1, -0.05) is 39.0 Å². The van der Waals surface area contributed by atoms with Crippen LogP contribution in [0.15, 0.2) is 35.7 Å². The Labute approximate surface area is 130 Å². The zero-order valence-corrected chi connectivity index (χ0v) is 13.7. The summed E-state index contributed by atoms with van der Waals surface area (Å²) >= 11 is 1.62. The molecule has 4 heteroatoms. The number of nitrogens with zero attached hydrogens (tertiary/aromatic N) is 1. The first-order valence-electron chi connectivity index (χ1n) is 7.26. The Kier molecular flexibility index (Phi) is 5.37. The van der Waals surface area contributed by atoms with Crippen LogP contribution in [0.4, 0.5) is 0 Å². The Bertz CT molecular complexity index is 545. The number of hydrogen-bond acceptors (Lipinski definition) is 4. The van der Waals surface area contributed by atoms with Gasteiger partial charge in [-0.25, -0.2) is 4.98 Å². The molecule has 0 radical (unpaired) electrons. The fourth-order valence-electron chi connectivity index (χ4n) is 1.88. The van der Waals surface area contributed by atoms with Gasteiger partial charge in [-0.15, -0.1) is 11.3 Å². The van der Waals surface area contributed by atoms with Crippen LogP contribution in [0, 0.1) is 0 Å². The zero-order valence-electron chi connectivity index (χ0n) is 12.9. The predicted molar refractivity (Wildman–Crippen MR) is 87.1 cm³/mol. The second-order valence-corrected chi connectivity index (χ2v) is 7.13. The van der Waals surface area contributed by atoms with Crippen molar-refractivity contribution in [3.63, 3.8) is 0 Å². The monoisotopic (exact) mass is 305 g/mol. The highest BCUT2D eigenvalue weighted by Crippen LogP contribution is 2.24. The van der Waals surface area contributed by atoms with Crippen LogP contribution >= 0.6 is 11.3 Å². The average Bonchev–Trinajstić information content (AvgIpc) is 2.88. The van der Waals surface area contributed by atoms with Gasteiger partial charge in [0.2, 0.25) is 0 Å². The van der Waals surface area contributed by atoms with Crippen molar-refractivity contribution in [2.75, 3.05) is 6.61 Å². The Balaban J connectivity index is 1.77. The third kappa shape index (κ3) is 5.14. The summed E-state index contributed by atoms with van der Waals surface area (Å²) in [6, 6.07) is 9.67. The van der Waals surface area contributed by atoms with Crippen molar-refractivity contribution in [3.8, 4) is 5.75 Å². The lowest BCUT2D eigenvalue weighted by molar-refractivity contribution is 0.139. The average molecular weight is 305 g/mol. The first kappa shape index (κ1) is 16.0. The second kappa shape index (κ2) is 7.05. The lowest BCUT2D eigenvalue weighted by Crippen LogP contribution is -2.16. The maximum absolute atomic E-state index is 10.1. The molecule has 0 spiro atoms. The molecular formula is C17H23NO2S. The molecule has 1 aromatic carbocycles. The van der Waals surface area contributed by atoms with Gasteiger partial charge in [-0.2, -0.15) is 0 Å². The van der Waals surface area contributed by atoms with Crippen LogP contribution in [0.2, 0.25) is 0 Å². The standard InChI is InChI=1S/C17H23NO2S/c1-17(2,3)15-12-21-16(18-15)11-13(19)9-10-20-14-7-5-4-6-8-14/h4-8,12-13,19H,9-11H2,1-3H3. The molecule has 0 saturated carbocycles. The zero-order chi connectivity index (χ0) is 15.3. The second-order valence-electron chi connectivity index (χ2n) is 6.18. The number of aliphatic hydroxyl groups excluding tert-OH is 1. The van der Waals surface area contributed by atoms with Gasteiger partial charge in [0.05, 0.1) is 23.4 Å². The summed E-state index contributed by atoms with van der Waals surface area (Å²) in [7, 11) is 0. The highest BCUT2D eigenvalue weighted by Gasteiger charge is 2.18. The van der Waals surface area contributed by atoms with E-state index < -0.39 is 6.10 Å². The molecule has 21 heavy (non-hydrogen) atoms. The predicted octanol–water partition coefficient (Wildman–Crippen LogP) is 3.81. The molecule has 0 aliphatic rings. The molecule has 114 valence electrons. The van der Waals surface area contributed by atoms with Crippen LogP contribution in [-0.2, 0) is 11.8 Å². The number of para-hydroxylation sites is 1. The molecule has 0 aliphatic carbocycles. The van der Waals surface area contributed by atoms with Gasteiger partial charge in [0.1, 0.15) is 5.75 Å². The lowest BCUT2D eigenvalue weighted by Gasteiger charge is -2.14. The Morgan fingerprint density at radius 3 is 2.57 bits per heavy atom. The number of rotatable bonds is 6. The van der Waals surface area contributed by atoms with Gasteiger partial charge < -0.3 is 9.84 Å². The van der Waals surface area contributed by atoms with Crippen molar-refractivity contribution < 1.29 is 9.84 Å². The Morgan fingerprint density at radius 2 is 1.95 bits per heavy atom. The number of hydrogen-bond donors (Lipinski definition) is 1. The van der Waals surface area contributed by atoms with Gasteiger partial charge in [0, 0.05) is 23.6 Å². The van der Waals surface area contributed by atoms with Crippen LogP contribution in [0.5, 0.6) is 5.75 Å². The van der Waals surface area contributed by atoms with Crippen molar-refractivity contribution in [1.82, 2.24) is 4.98 Å². The molecule has 1 unspecified atom stereocenters. The van der Waals surface area contributed by atoms with Crippen molar-refractivity contribution >= 4 is 11.3 Å². The van der Waals surface area contributed by atoms with Gasteiger partial charge >= 0.3 is 0 Å². The summed E-state index contributed by atoms with van der Waals surface area (Å²) in [5, 5.41) is 13.2. The molecule has 0 saturated heterocycles. The number of ether oxygens (including phenoxy) is 1. The van der Waals surface area contributed by atoms with E-state index in [1.807, 2.05) is 30.3 Å². The van der Waals surface area contributed by atoms with E-state index in [1.54, 1.807) is 11.3 Å². The third-order valence-corrected chi connectivity index (χ3v) is 4.06. The van der Waals surface area contributed by atoms with Crippen LogP contribution in [0.25, 0.3) is 0 Å². The van der Waals surface area contributed by atoms with E-state index in [-0.39, 0.29) is 5.41 Å². The minimum atomic E-state index is -0.410. The molecule has 0 aliphatic heterocycles. The molecule has 0 bridgehead atoms. The normalized spacial score (nSPS) is 13.1. The molecule has 1 atom stereocenters. The molecular weight excluding hydrogens is 282 g/mol. The number of aromatic nitrogens is 1. The minimum absolute atomic E-state index is 0.0656. The van der Waals surface area contributed by atoms with Crippen LogP contribution < -0.4 is 4.74 Å². The van der Waals surface area contributed by atoms with Crippen molar-refractivity contribution in [3.05, 3.63) is 46.4 Å². The number of aliphatic hydroxyl groups is 1. The Hall–Kier alpha value is -1.39. The third-order valence-electron chi connectivity index (χ3n) is 3.19. The van der Waals surface area contributed by atoms with E-state index in [0.29, 0.717) is 19.4 Å². The summed E-state index contributed by atoms with van der Waals surface area (Å²) < 4.78 is 5.60. The van der Waals surface area contributed by atoms with E-state index >= 15 is 0 Å². The molecule has 0 amide bonds. The van der Waals surface area contributed by atoms with Crippen molar-refractivity contribution in [2.24, 2.45) is 0 Å². The van der Waals surface area contributed by atoms with E-state index in [2.05, 4.69) is 31.1 Å². The summed E-state index contributed by atoms with van der Waals surface area (Å²) in [5.74, 6) is 0.842. The molecule has 0 fully saturated rings. The number of benzene rings is 1. The Morgan fingerprint density at radius 1 is 1.24 bits per heavy atom. The summed E-state index contributed by atoms with van der Waals surface area (Å²) in [6.07, 6.45) is 0.797. The maximum atomic E-state index is 10.1. The SMILES string of the molecule is CC(C)(C)c1csc(CC(O)CCOc2ccccc2)n1. The first-order chi connectivity index (χ1) is 9.95. The van der Waals surface area contributed by atoms with Crippen LogP contribution in [-0.4, -0.2) is 22.8 Å². The maximum Gasteiger partial charge on any atom is 0.119 e. The van der Waals surface area contributed by atoms with Crippen molar-refractivity contribution in [2.45, 2.75) is 45.1 Å². The molecule has 1 heterocycles. The highest BCUT2D eigenvalue weighted by atomic mass is 32.1. The topological polar surface area (TPSA) is 42.4 Å². The number of thiazole rings is 1. The molecule has 1 N–H and O–H groups in total. The largest absolute Gasteiger partial charge is 0.493 e. The smallest absolute Gasteiger partial charge is 0.119 e. The summed E-state index contributed by atoms with van der Waals surface area (Å²) in [4.78, 5) is 4.61. The van der Waals surface area contributed by atoms with Gasteiger partial charge in [0.15, 0.2) is 0 Å². The van der Waals surface area contributed by atoms with Crippen LogP contribution in [0.3, 0.4) is 0 Å². The van der Waals surface area contributed by atoms with Crippen LogP contribution in [0.1, 0.15) is 37.9 Å². The van der Waals surface area contributed by atoms with E-state index in [4.69, 9.17) is 4.74 Å². The molecule has 2 aromatic rings. The van der Waals surface area contributed by atoms with E-state index in [0.717, 1.165) is 16.5 Å². The van der Waals surface area contributed by atoms with Gasteiger partial charge in [-0.05, 0) is 12.1 Å². The quantitative estimate of drug-likeness (QED) is 0.882. The summed E-state index contributed by atoms with van der Waals surface area (Å²) in [5.41, 5.74) is 1.16. The lowest BCUT2D eigenvalue weighted by atomic mass is 9.93. The van der Waals surface area contributed by atoms with Gasteiger partial charge in [-0.3, -0.25) is 0 Å². The fourth-order valence-corrected chi connectivity index (χ4v) is 2.98. The first-order valence-corrected chi connectivity index (χ1v) is 8.14. The molecule has 1 aromatic heterocycles. The van der Waals surface area contributed by atoms with Crippen molar-refractivity contribution in [1.29, 1.82) is 0 Å². The summed E-state index contributed by atoms with van der Waals surface area (Å²) in [6.45, 7) is 6.96. The van der Waals surface area contributed by atoms with Gasteiger partial charge in [0.25, 0.3) is 0 Å². The minimum Gasteiger partial charge on any atom is -0.493 e. The molecule has 3 nitrogen and oxygen atoms in total. The fraction of sp³-hybridized carbons (Fsp3) is 0.471.